The molecule has 0 saturated carbocycles. The van der Waals surface area contributed by atoms with Crippen LogP contribution in [0.25, 0.3) is 11.3 Å². The number of carbonyl (C=O) groups excluding carboxylic acids is 2. The van der Waals surface area contributed by atoms with Crippen LogP contribution in [-0.2, 0) is 22.6 Å². The second-order valence-electron chi connectivity index (χ2n) is 7.58. The summed E-state index contributed by atoms with van der Waals surface area (Å²) < 4.78 is 1.86. The van der Waals surface area contributed by atoms with Gasteiger partial charge in [-0.2, -0.15) is 15.3 Å². The highest BCUT2D eigenvalue weighted by atomic mass is 16.2. The molecule has 0 bridgehead atoms. The Kier molecular flexibility index (Phi) is 5.65. The molecule has 0 fully saturated rings. The number of pyridine rings is 1. The molecule has 0 radical (unpaired) electrons. The van der Waals surface area contributed by atoms with E-state index < -0.39 is 0 Å². The number of nitrogens with zero attached hydrogens (tertiary/aromatic N) is 6. The van der Waals surface area contributed by atoms with Gasteiger partial charge in [0.25, 0.3) is 0 Å². The van der Waals surface area contributed by atoms with Gasteiger partial charge in [-0.25, -0.2) is 4.68 Å². The van der Waals surface area contributed by atoms with E-state index in [0.29, 0.717) is 17.9 Å². The molecule has 1 aliphatic rings. The van der Waals surface area contributed by atoms with Crippen molar-refractivity contribution in [1.82, 2.24) is 25.0 Å². The van der Waals surface area contributed by atoms with Crippen molar-refractivity contribution < 1.29 is 9.59 Å². The van der Waals surface area contributed by atoms with E-state index >= 15 is 0 Å². The Hall–Kier alpha value is -3.42. The second-order valence-corrected chi connectivity index (χ2v) is 7.58. The summed E-state index contributed by atoms with van der Waals surface area (Å²) in [6, 6.07) is 9.41. The number of ketones is 1. The number of fused-ring (bicyclic) bond motifs is 1. The van der Waals surface area contributed by atoms with Crippen LogP contribution in [0, 0.1) is 13.8 Å². The molecule has 0 spiro atoms. The van der Waals surface area contributed by atoms with Gasteiger partial charge in [0.05, 0.1) is 23.5 Å². The molecule has 8 heteroatoms. The first-order valence-corrected chi connectivity index (χ1v) is 10.1. The molecule has 0 unspecified atom stereocenters. The minimum absolute atomic E-state index is 0.0240. The number of anilines is 1. The van der Waals surface area contributed by atoms with Crippen molar-refractivity contribution in [2.45, 2.75) is 46.1 Å². The Morgan fingerprint density at radius 1 is 1.00 bits per heavy atom. The second kappa shape index (κ2) is 8.52. The van der Waals surface area contributed by atoms with Gasteiger partial charge < -0.3 is 0 Å². The average Bonchev–Trinajstić information content (AvgIpc) is 3.13. The molecule has 4 rings (SSSR count). The maximum Gasteiger partial charge on any atom is 0.228 e. The minimum Gasteiger partial charge on any atom is -0.299 e. The molecule has 3 aromatic heterocycles. The van der Waals surface area contributed by atoms with Crippen LogP contribution in [0.2, 0.25) is 0 Å². The fourth-order valence-electron chi connectivity index (χ4n) is 3.56. The van der Waals surface area contributed by atoms with E-state index in [9.17, 15) is 9.59 Å². The molecule has 0 saturated heterocycles. The summed E-state index contributed by atoms with van der Waals surface area (Å²) in [7, 11) is 0. The Morgan fingerprint density at radius 2 is 1.87 bits per heavy atom. The lowest BCUT2D eigenvalue weighted by Crippen LogP contribution is -2.37. The van der Waals surface area contributed by atoms with E-state index in [1.165, 1.54) is 0 Å². The summed E-state index contributed by atoms with van der Waals surface area (Å²) in [6.45, 7) is 5.33. The van der Waals surface area contributed by atoms with Gasteiger partial charge in [0.2, 0.25) is 5.91 Å². The summed E-state index contributed by atoms with van der Waals surface area (Å²) in [5, 5.41) is 12.8. The molecule has 8 nitrogen and oxygen atoms in total. The van der Waals surface area contributed by atoms with Gasteiger partial charge in [-0.05, 0) is 44.5 Å². The molecule has 3 aromatic rings. The molecule has 4 heterocycles. The third-order valence-corrected chi connectivity index (χ3v) is 5.13. The van der Waals surface area contributed by atoms with Gasteiger partial charge in [0, 0.05) is 49.5 Å². The van der Waals surface area contributed by atoms with Crippen LogP contribution >= 0.6 is 0 Å². The summed E-state index contributed by atoms with van der Waals surface area (Å²) >= 11 is 0. The molecule has 0 atom stereocenters. The van der Waals surface area contributed by atoms with Crippen LogP contribution < -0.4 is 4.90 Å². The summed E-state index contributed by atoms with van der Waals surface area (Å²) in [4.78, 5) is 31.0. The molecule has 30 heavy (non-hydrogen) atoms. The Bertz CT molecular complexity index is 1060. The van der Waals surface area contributed by atoms with Gasteiger partial charge in [-0.15, -0.1) is 0 Å². The number of amides is 1. The zero-order valence-corrected chi connectivity index (χ0v) is 17.2. The maximum atomic E-state index is 12.7. The van der Waals surface area contributed by atoms with Crippen molar-refractivity contribution in [3.8, 4) is 11.3 Å². The van der Waals surface area contributed by atoms with Crippen molar-refractivity contribution in [3.63, 3.8) is 0 Å². The first-order valence-electron chi connectivity index (χ1n) is 10.1. The van der Waals surface area contributed by atoms with Crippen LogP contribution in [0.3, 0.4) is 0 Å². The van der Waals surface area contributed by atoms with Crippen LogP contribution in [0.15, 0.2) is 36.5 Å². The lowest BCUT2D eigenvalue weighted by atomic mass is 10.1. The first-order chi connectivity index (χ1) is 14.5. The number of hydrogen-bond donors (Lipinski definition) is 0. The standard InChI is InChI=1S/C22H24N6O2/c1-15-4-5-17(14-23-15)20-8-6-18(24-25-20)13-19(29)7-9-22(30)27-10-3-11-28-21(27)12-16(2)26-28/h4-6,8,12,14H,3,7,9-11,13H2,1-2H3. The molecule has 0 N–H and O–H groups in total. The topological polar surface area (TPSA) is 93.9 Å². The molecule has 1 amide bonds. The highest BCUT2D eigenvalue weighted by Gasteiger charge is 2.24. The molecular weight excluding hydrogens is 380 g/mol. The zero-order chi connectivity index (χ0) is 21.1. The largest absolute Gasteiger partial charge is 0.299 e. The lowest BCUT2D eigenvalue weighted by Gasteiger charge is -2.27. The molecule has 0 aliphatic carbocycles. The molecular formula is C22H24N6O2. The van der Waals surface area contributed by atoms with Gasteiger partial charge in [-0.3, -0.25) is 19.5 Å². The highest BCUT2D eigenvalue weighted by molar-refractivity contribution is 5.95. The number of Topliss-reactive ketones (excluding diaryl/α,β-unsaturated/α-hetero) is 1. The van der Waals surface area contributed by atoms with Gasteiger partial charge in [0.15, 0.2) is 0 Å². The fourth-order valence-corrected chi connectivity index (χ4v) is 3.56. The van der Waals surface area contributed by atoms with E-state index in [2.05, 4.69) is 20.3 Å². The molecule has 154 valence electrons. The average molecular weight is 404 g/mol. The minimum atomic E-state index is -0.0440. The predicted molar refractivity (Wildman–Crippen MR) is 112 cm³/mol. The van der Waals surface area contributed by atoms with Crippen molar-refractivity contribution in [1.29, 1.82) is 0 Å². The van der Waals surface area contributed by atoms with Crippen LogP contribution in [0.4, 0.5) is 5.82 Å². The van der Waals surface area contributed by atoms with E-state index in [1.54, 1.807) is 17.2 Å². The summed E-state index contributed by atoms with van der Waals surface area (Å²) in [5.74, 6) is 0.754. The first kappa shape index (κ1) is 19.9. The zero-order valence-electron chi connectivity index (χ0n) is 17.2. The third kappa shape index (κ3) is 4.42. The maximum absolute atomic E-state index is 12.7. The Labute approximate surface area is 175 Å². The summed E-state index contributed by atoms with van der Waals surface area (Å²) in [6.07, 6.45) is 3.16. The highest BCUT2D eigenvalue weighted by Crippen LogP contribution is 2.22. The van der Waals surface area contributed by atoms with Gasteiger partial charge in [0.1, 0.15) is 11.6 Å². The van der Waals surface area contributed by atoms with E-state index in [-0.39, 0.29) is 31.0 Å². The normalized spacial score (nSPS) is 13.2. The Morgan fingerprint density at radius 3 is 2.60 bits per heavy atom. The number of hydrogen-bond acceptors (Lipinski definition) is 6. The smallest absolute Gasteiger partial charge is 0.228 e. The number of aryl methyl sites for hydroxylation is 3. The number of carbonyl (C=O) groups is 2. The van der Waals surface area contributed by atoms with E-state index in [1.807, 2.05) is 42.8 Å². The molecule has 1 aliphatic heterocycles. The van der Waals surface area contributed by atoms with Crippen molar-refractivity contribution >= 4 is 17.5 Å². The predicted octanol–water partition coefficient (Wildman–Crippen LogP) is 2.68. The van der Waals surface area contributed by atoms with Crippen LogP contribution in [-0.4, -0.2) is 43.2 Å². The number of aromatic nitrogens is 5. The van der Waals surface area contributed by atoms with Crippen LogP contribution in [0.5, 0.6) is 0 Å². The van der Waals surface area contributed by atoms with E-state index in [0.717, 1.165) is 35.7 Å². The van der Waals surface area contributed by atoms with Gasteiger partial charge >= 0.3 is 0 Å². The number of rotatable bonds is 6. The quantitative estimate of drug-likeness (QED) is 0.627. The third-order valence-electron chi connectivity index (χ3n) is 5.13. The SMILES string of the molecule is Cc1ccc(-c2ccc(CC(=O)CCC(=O)N3CCCn4nc(C)cc43)nn2)cn1. The van der Waals surface area contributed by atoms with E-state index in [4.69, 9.17) is 0 Å². The summed E-state index contributed by atoms with van der Waals surface area (Å²) in [5.41, 5.74) is 4.03. The van der Waals surface area contributed by atoms with Crippen molar-refractivity contribution in [3.05, 3.63) is 53.6 Å². The van der Waals surface area contributed by atoms with Crippen molar-refractivity contribution in [2.24, 2.45) is 0 Å². The Balaban J connectivity index is 1.32. The molecule has 0 aromatic carbocycles. The fraction of sp³-hybridized carbons (Fsp3) is 0.364. The van der Waals surface area contributed by atoms with Gasteiger partial charge in [-0.1, -0.05) is 0 Å². The van der Waals surface area contributed by atoms with Crippen LogP contribution in [0.1, 0.15) is 36.3 Å². The monoisotopic (exact) mass is 404 g/mol. The van der Waals surface area contributed by atoms with Crippen molar-refractivity contribution in [2.75, 3.05) is 11.4 Å². The lowest BCUT2D eigenvalue weighted by molar-refractivity contribution is -0.123.